The Morgan fingerprint density at radius 1 is 1.06 bits per heavy atom. The van der Waals surface area contributed by atoms with Crippen molar-refractivity contribution in [3.8, 4) is 0 Å². The Morgan fingerprint density at radius 2 is 1.74 bits per heavy atom. The van der Waals surface area contributed by atoms with Gasteiger partial charge in [0.2, 0.25) is 0 Å². The number of nitrogens with zero attached hydrogens (tertiary/aromatic N) is 5. The standard InChI is InChI=1S/C26H33N5O4/c1-5-11-29-23(33)21-22(31(25(29)34)17-20(18-32)28-12-14-35-15-13-28)27-24(26(2,3)4)30(21)16-19-9-7-6-8-10-19/h6-10H,5,11-17H2,1-4H3. The molecule has 1 aliphatic heterocycles. The second kappa shape index (κ2) is 10.1. The molecule has 3 aromatic rings. The van der Waals surface area contributed by atoms with Crippen LogP contribution in [0.15, 0.2) is 45.6 Å². The second-order valence-electron chi connectivity index (χ2n) is 9.90. The van der Waals surface area contributed by atoms with Gasteiger partial charge in [0.05, 0.1) is 19.8 Å². The number of rotatable bonds is 7. The van der Waals surface area contributed by atoms with E-state index in [2.05, 4.69) is 0 Å². The molecule has 186 valence electrons. The minimum Gasteiger partial charge on any atom is -0.378 e. The number of morpholine rings is 1. The van der Waals surface area contributed by atoms with Gasteiger partial charge in [0, 0.05) is 31.6 Å². The zero-order valence-electron chi connectivity index (χ0n) is 20.9. The third-order valence-electron chi connectivity index (χ3n) is 6.23. The van der Waals surface area contributed by atoms with Gasteiger partial charge in [-0.05, 0) is 12.0 Å². The number of ether oxygens (including phenoxy) is 1. The first kappa shape index (κ1) is 24.7. The number of carbonyl (C=O) groups excluding carboxylic acids is 1. The smallest absolute Gasteiger partial charge is 0.333 e. The number of imidazole rings is 1. The fourth-order valence-corrected chi connectivity index (χ4v) is 4.53. The molecule has 3 heterocycles. The number of allylic oxidation sites excluding steroid dienone is 1. The lowest BCUT2D eigenvalue weighted by Crippen LogP contribution is -2.43. The molecule has 1 aliphatic rings. The van der Waals surface area contributed by atoms with Crippen molar-refractivity contribution in [3.05, 3.63) is 68.3 Å². The first-order chi connectivity index (χ1) is 16.8. The SMILES string of the molecule is CCCn1c(=O)c2c(nc(C(C)(C)C)n2Cc2ccccc2)n(CC(=C=O)N2CCOCC2)c1=O. The van der Waals surface area contributed by atoms with Gasteiger partial charge in [-0.2, -0.15) is 0 Å². The van der Waals surface area contributed by atoms with Crippen LogP contribution in [-0.2, 0) is 34.6 Å². The molecule has 0 radical (unpaired) electrons. The summed E-state index contributed by atoms with van der Waals surface area (Å²) in [6, 6.07) is 9.88. The van der Waals surface area contributed by atoms with Crippen LogP contribution in [0.5, 0.6) is 0 Å². The minimum atomic E-state index is -0.463. The number of fused-ring (bicyclic) bond motifs is 1. The van der Waals surface area contributed by atoms with Gasteiger partial charge >= 0.3 is 5.69 Å². The summed E-state index contributed by atoms with van der Waals surface area (Å²) in [6.07, 6.45) is 0.624. The molecular formula is C26H33N5O4. The molecule has 1 aromatic carbocycles. The van der Waals surface area contributed by atoms with E-state index in [9.17, 15) is 14.4 Å². The van der Waals surface area contributed by atoms with Gasteiger partial charge in [0.1, 0.15) is 17.5 Å². The summed E-state index contributed by atoms with van der Waals surface area (Å²) in [5, 5.41) is 0. The van der Waals surface area contributed by atoms with Crippen molar-refractivity contribution in [1.29, 1.82) is 0 Å². The molecule has 35 heavy (non-hydrogen) atoms. The maximum atomic E-state index is 13.7. The first-order valence-electron chi connectivity index (χ1n) is 12.1. The zero-order valence-corrected chi connectivity index (χ0v) is 20.9. The van der Waals surface area contributed by atoms with Crippen molar-refractivity contribution < 1.29 is 9.53 Å². The molecule has 0 spiro atoms. The lowest BCUT2D eigenvalue weighted by Gasteiger charge is -2.29. The zero-order chi connectivity index (χ0) is 25.2. The highest BCUT2D eigenvalue weighted by Gasteiger charge is 2.28. The minimum absolute atomic E-state index is 0.00520. The average molecular weight is 480 g/mol. The maximum Gasteiger partial charge on any atom is 0.333 e. The fourth-order valence-electron chi connectivity index (χ4n) is 4.53. The molecular weight excluding hydrogens is 446 g/mol. The lowest BCUT2D eigenvalue weighted by atomic mass is 9.95. The van der Waals surface area contributed by atoms with Crippen molar-refractivity contribution in [2.45, 2.75) is 59.2 Å². The predicted octanol–water partition coefficient (Wildman–Crippen LogP) is 2.16. The van der Waals surface area contributed by atoms with Crippen molar-refractivity contribution in [1.82, 2.24) is 23.6 Å². The van der Waals surface area contributed by atoms with E-state index in [1.54, 1.807) is 0 Å². The molecule has 0 N–H and O–H groups in total. The second-order valence-corrected chi connectivity index (χ2v) is 9.90. The van der Waals surface area contributed by atoms with E-state index >= 15 is 0 Å². The van der Waals surface area contributed by atoms with Crippen LogP contribution < -0.4 is 11.2 Å². The highest BCUT2D eigenvalue weighted by molar-refractivity contribution is 5.72. The Morgan fingerprint density at radius 3 is 2.34 bits per heavy atom. The van der Waals surface area contributed by atoms with E-state index in [0.717, 1.165) is 5.56 Å². The molecule has 9 nitrogen and oxygen atoms in total. The highest BCUT2D eigenvalue weighted by atomic mass is 16.5. The molecule has 9 heteroatoms. The summed E-state index contributed by atoms with van der Waals surface area (Å²) in [7, 11) is 0. The van der Waals surface area contributed by atoms with Crippen molar-refractivity contribution >= 4 is 17.1 Å². The van der Waals surface area contributed by atoms with Gasteiger partial charge in [0.15, 0.2) is 11.2 Å². The van der Waals surface area contributed by atoms with Crippen LogP contribution in [0.4, 0.5) is 0 Å². The number of aromatic nitrogens is 4. The molecule has 1 fully saturated rings. The third-order valence-corrected chi connectivity index (χ3v) is 6.23. The Balaban J connectivity index is 1.98. The summed E-state index contributed by atoms with van der Waals surface area (Å²) in [4.78, 5) is 45.9. The van der Waals surface area contributed by atoms with Gasteiger partial charge in [-0.25, -0.2) is 14.6 Å². The molecule has 0 unspecified atom stereocenters. The topological polar surface area (TPSA) is 91.4 Å². The van der Waals surface area contributed by atoms with E-state index in [1.165, 1.54) is 9.13 Å². The van der Waals surface area contributed by atoms with Crippen LogP contribution in [0, 0.1) is 0 Å². The van der Waals surface area contributed by atoms with Crippen LogP contribution in [-0.4, -0.2) is 55.8 Å². The Hall–Kier alpha value is -3.42. The summed E-state index contributed by atoms with van der Waals surface area (Å²) in [5.41, 5.74) is 0.852. The summed E-state index contributed by atoms with van der Waals surface area (Å²) in [5.74, 6) is 2.73. The number of benzene rings is 1. The quantitative estimate of drug-likeness (QED) is 0.483. The molecule has 0 saturated carbocycles. The molecule has 1 saturated heterocycles. The van der Waals surface area contributed by atoms with E-state index in [1.807, 2.05) is 73.4 Å². The van der Waals surface area contributed by atoms with E-state index in [4.69, 9.17) is 9.72 Å². The summed E-state index contributed by atoms with van der Waals surface area (Å²) >= 11 is 0. The Bertz CT molecular complexity index is 1370. The Labute approximate surface area is 204 Å². The van der Waals surface area contributed by atoms with Crippen LogP contribution in [0.3, 0.4) is 0 Å². The largest absolute Gasteiger partial charge is 0.378 e. The van der Waals surface area contributed by atoms with Gasteiger partial charge in [-0.3, -0.25) is 13.9 Å². The third kappa shape index (κ3) is 4.88. The van der Waals surface area contributed by atoms with Crippen molar-refractivity contribution in [2.24, 2.45) is 0 Å². The molecule has 2 aromatic heterocycles. The van der Waals surface area contributed by atoms with Crippen molar-refractivity contribution in [3.63, 3.8) is 0 Å². The average Bonchev–Trinajstić information content (AvgIpc) is 3.23. The molecule has 4 rings (SSSR count). The van der Waals surface area contributed by atoms with Crippen LogP contribution in [0.2, 0.25) is 0 Å². The van der Waals surface area contributed by atoms with E-state index < -0.39 is 5.69 Å². The van der Waals surface area contributed by atoms with Gasteiger partial charge in [-0.15, -0.1) is 0 Å². The first-order valence-corrected chi connectivity index (χ1v) is 12.1. The van der Waals surface area contributed by atoms with Crippen LogP contribution >= 0.6 is 0 Å². The summed E-state index contributed by atoms with van der Waals surface area (Å²) < 4.78 is 10.0. The van der Waals surface area contributed by atoms with Gasteiger partial charge in [-0.1, -0.05) is 58.0 Å². The molecule has 0 aliphatic carbocycles. The molecule has 0 atom stereocenters. The molecule has 0 bridgehead atoms. The van der Waals surface area contributed by atoms with E-state index in [-0.39, 0.29) is 24.1 Å². The van der Waals surface area contributed by atoms with Crippen molar-refractivity contribution in [2.75, 3.05) is 26.3 Å². The number of hydrogen-bond acceptors (Lipinski definition) is 6. The van der Waals surface area contributed by atoms with Gasteiger partial charge < -0.3 is 14.2 Å². The molecule has 0 amide bonds. The monoisotopic (exact) mass is 479 g/mol. The fraction of sp³-hybridized carbons (Fsp3) is 0.500. The maximum absolute atomic E-state index is 13.7. The van der Waals surface area contributed by atoms with Crippen LogP contribution in [0.25, 0.3) is 11.2 Å². The van der Waals surface area contributed by atoms with Gasteiger partial charge in [0.25, 0.3) is 5.56 Å². The normalized spacial score (nSPS) is 14.3. The Kier molecular flexibility index (Phi) is 7.10. The van der Waals surface area contributed by atoms with E-state index in [0.29, 0.717) is 62.0 Å². The van der Waals surface area contributed by atoms with Crippen LogP contribution in [0.1, 0.15) is 45.5 Å². The predicted molar refractivity (Wildman–Crippen MR) is 134 cm³/mol. The lowest BCUT2D eigenvalue weighted by molar-refractivity contribution is 0.0522. The summed E-state index contributed by atoms with van der Waals surface area (Å²) in [6.45, 7) is 10.9. The highest BCUT2D eigenvalue weighted by Crippen LogP contribution is 2.26. The number of hydrogen-bond donors (Lipinski definition) is 0.